The number of aryl methyl sites for hydroxylation is 1. The fourth-order valence-corrected chi connectivity index (χ4v) is 3.83. The summed E-state index contributed by atoms with van der Waals surface area (Å²) in [7, 11) is 4.02. The Morgan fingerprint density at radius 2 is 1.87 bits per heavy atom. The van der Waals surface area contributed by atoms with Gasteiger partial charge in [0.1, 0.15) is 11.6 Å². The Balaban J connectivity index is 1.72. The lowest BCUT2D eigenvalue weighted by atomic mass is 10.2. The Hall–Kier alpha value is -2.51. The van der Waals surface area contributed by atoms with E-state index in [1.165, 1.54) is 10.5 Å². The second kappa shape index (κ2) is 10.5. The zero-order valence-electron chi connectivity index (χ0n) is 18.4. The minimum Gasteiger partial charge on any atom is -0.363 e. The molecule has 1 aromatic heterocycles. The van der Waals surface area contributed by atoms with E-state index in [1.54, 1.807) is 11.8 Å². The van der Waals surface area contributed by atoms with Gasteiger partial charge in [-0.1, -0.05) is 36.4 Å². The Labute approximate surface area is 184 Å². The van der Waals surface area contributed by atoms with Gasteiger partial charge in [-0.2, -0.15) is 9.97 Å². The van der Waals surface area contributed by atoms with Crippen LogP contribution in [0.25, 0.3) is 0 Å². The number of thioether (sulfide) groups is 1. The fraction of sp³-hybridized carbons (Fsp3) is 0.391. The van der Waals surface area contributed by atoms with E-state index in [9.17, 15) is 0 Å². The summed E-state index contributed by atoms with van der Waals surface area (Å²) in [5.41, 5.74) is 2.27. The van der Waals surface area contributed by atoms with Crippen molar-refractivity contribution in [1.82, 2.24) is 14.9 Å². The second-order valence-electron chi connectivity index (χ2n) is 7.63. The molecule has 7 heteroatoms. The van der Waals surface area contributed by atoms with Gasteiger partial charge in [-0.25, -0.2) is 0 Å². The van der Waals surface area contributed by atoms with E-state index in [2.05, 4.69) is 65.2 Å². The number of rotatable bonds is 8. The predicted molar refractivity (Wildman–Crippen MR) is 131 cm³/mol. The first-order valence-corrected chi connectivity index (χ1v) is 11.4. The third kappa shape index (κ3) is 6.00. The van der Waals surface area contributed by atoms with Crippen molar-refractivity contribution in [2.75, 3.05) is 68.2 Å². The van der Waals surface area contributed by atoms with Crippen molar-refractivity contribution in [3.63, 3.8) is 0 Å². The molecule has 30 heavy (non-hydrogen) atoms. The minimum absolute atomic E-state index is 0.780. The van der Waals surface area contributed by atoms with Crippen LogP contribution in [0.4, 0.5) is 23.3 Å². The molecule has 0 saturated carbocycles. The van der Waals surface area contributed by atoms with E-state index >= 15 is 0 Å². The molecule has 160 valence electrons. The van der Waals surface area contributed by atoms with Crippen molar-refractivity contribution in [2.24, 2.45) is 0 Å². The summed E-state index contributed by atoms with van der Waals surface area (Å²) in [5, 5.41) is 3.43. The van der Waals surface area contributed by atoms with Gasteiger partial charge >= 0.3 is 0 Å². The van der Waals surface area contributed by atoms with Crippen molar-refractivity contribution in [1.29, 1.82) is 0 Å². The van der Waals surface area contributed by atoms with Crippen molar-refractivity contribution >= 4 is 35.0 Å². The molecule has 1 fully saturated rings. The Morgan fingerprint density at radius 3 is 2.47 bits per heavy atom. The van der Waals surface area contributed by atoms with Gasteiger partial charge in [0.05, 0.1) is 0 Å². The highest BCUT2D eigenvalue weighted by atomic mass is 32.2. The highest BCUT2D eigenvalue weighted by Gasteiger charge is 2.21. The van der Waals surface area contributed by atoms with Gasteiger partial charge in [-0.15, -0.1) is 11.8 Å². The maximum Gasteiger partial charge on any atom is 0.229 e. The summed E-state index contributed by atoms with van der Waals surface area (Å²) in [6, 6.07) is 10.3. The van der Waals surface area contributed by atoms with Crippen LogP contribution in [0.5, 0.6) is 0 Å². The molecule has 0 unspecified atom stereocenters. The summed E-state index contributed by atoms with van der Waals surface area (Å²) in [6.45, 7) is 10.7. The van der Waals surface area contributed by atoms with Crippen LogP contribution in [-0.2, 0) is 0 Å². The predicted octanol–water partition coefficient (Wildman–Crippen LogP) is 4.15. The van der Waals surface area contributed by atoms with E-state index in [1.807, 2.05) is 31.1 Å². The molecule has 0 aliphatic carbocycles. The minimum atomic E-state index is 0.780. The molecule has 1 aliphatic rings. The molecule has 0 atom stereocenters. The van der Waals surface area contributed by atoms with Crippen LogP contribution < -0.4 is 15.1 Å². The number of aromatic nitrogens is 2. The Morgan fingerprint density at radius 1 is 1.17 bits per heavy atom. The van der Waals surface area contributed by atoms with Gasteiger partial charge in [-0.05, 0) is 30.2 Å². The van der Waals surface area contributed by atoms with Crippen LogP contribution >= 0.6 is 11.8 Å². The van der Waals surface area contributed by atoms with Gasteiger partial charge < -0.3 is 15.1 Å². The lowest BCUT2D eigenvalue weighted by Crippen LogP contribution is -2.47. The molecule has 1 aromatic carbocycles. The highest BCUT2D eigenvalue weighted by Crippen LogP contribution is 2.24. The Kier molecular flexibility index (Phi) is 7.76. The van der Waals surface area contributed by atoms with E-state index in [0.717, 1.165) is 56.0 Å². The zero-order chi connectivity index (χ0) is 21.5. The SMILES string of the molecule is C=C/C=C(/CN1CCN(c2nc(Nc3ccc(C)cc3)cc(N(C)C)n2)CC1)SC. The number of allylic oxidation sites excluding steroid dienone is 2. The molecule has 0 bridgehead atoms. The number of nitrogens with one attached hydrogen (secondary N) is 1. The third-order valence-electron chi connectivity index (χ3n) is 5.08. The summed E-state index contributed by atoms with van der Waals surface area (Å²) in [5.74, 6) is 2.49. The van der Waals surface area contributed by atoms with Gasteiger partial charge in [0.25, 0.3) is 0 Å². The molecule has 2 aromatic rings. The van der Waals surface area contributed by atoms with E-state index in [4.69, 9.17) is 9.97 Å². The van der Waals surface area contributed by atoms with Crippen LogP contribution in [0.1, 0.15) is 5.56 Å². The van der Waals surface area contributed by atoms with E-state index < -0.39 is 0 Å². The number of benzene rings is 1. The molecule has 1 aliphatic heterocycles. The summed E-state index contributed by atoms with van der Waals surface area (Å²) >= 11 is 1.79. The Bertz CT molecular complexity index is 870. The molecular weight excluding hydrogens is 392 g/mol. The van der Waals surface area contributed by atoms with Gasteiger partial charge in [0, 0.05) is 58.6 Å². The number of piperazine rings is 1. The smallest absolute Gasteiger partial charge is 0.229 e. The van der Waals surface area contributed by atoms with Crippen LogP contribution in [0.2, 0.25) is 0 Å². The maximum atomic E-state index is 4.82. The molecule has 0 radical (unpaired) electrons. The summed E-state index contributed by atoms with van der Waals surface area (Å²) < 4.78 is 0. The molecule has 1 saturated heterocycles. The first-order valence-electron chi connectivity index (χ1n) is 10.2. The number of nitrogens with zero attached hydrogens (tertiary/aromatic N) is 5. The van der Waals surface area contributed by atoms with Gasteiger partial charge in [0.15, 0.2) is 0 Å². The normalized spacial score (nSPS) is 15.2. The number of hydrogen-bond acceptors (Lipinski definition) is 7. The maximum absolute atomic E-state index is 4.82. The number of hydrogen-bond donors (Lipinski definition) is 1. The lowest BCUT2D eigenvalue weighted by Gasteiger charge is -2.35. The summed E-state index contributed by atoms with van der Waals surface area (Å²) in [6.07, 6.45) is 6.09. The average Bonchev–Trinajstić information content (AvgIpc) is 2.75. The van der Waals surface area contributed by atoms with Crippen molar-refractivity contribution in [3.05, 3.63) is 59.5 Å². The average molecular weight is 425 g/mol. The second-order valence-corrected chi connectivity index (χ2v) is 8.57. The standard InChI is InChI=1S/C23H32N6S/c1-6-7-20(30-5)17-28-12-14-29(15-13-28)23-25-21(16-22(26-23)27(3)4)24-19-10-8-18(2)9-11-19/h6-11,16H,1,12-15,17H2,2-5H3,(H,24,25,26)/b20-7-. The van der Waals surface area contributed by atoms with Crippen LogP contribution in [0.15, 0.2) is 54.0 Å². The molecule has 3 rings (SSSR count). The molecule has 0 spiro atoms. The largest absolute Gasteiger partial charge is 0.363 e. The lowest BCUT2D eigenvalue weighted by molar-refractivity contribution is 0.281. The highest BCUT2D eigenvalue weighted by molar-refractivity contribution is 8.02. The van der Waals surface area contributed by atoms with Crippen LogP contribution in [0.3, 0.4) is 0 Å². The first-order chi connectivity index (χ1) is 14.5. The molecule has 0 amide bonds. The fourth-order valence-electron chi connectivity index (χ4n) is 3.28. The topological polar surface area (TPSA) is 47.5 Å². The molecule has 6 nitrogen and oxygen atoms in total. The van der Waals surface area contributed by atoms with Crippen molar-refractivity contribution in [3.8, 4) is 0 Å². The molecular formula is C23H32N6S. The first kappa shape index (κ1) is 22.2. The van der Waals surface area contributed by atoms with Crippen LogP contribution in [-0.4, -0.2) is 67.9 Å². The van der Waals surface area contributed by atoms with Crippen molar-refractivity contribution < 1.29 is 0 Å². The third-order valence-corrected chi connectivity index (χ3v) is 5.87. The van der Waals surface area contributed by atoms with E-state index in [-0.39, 0.29) is 0 Å². The van der Waals surface area contributed by atoms with Gasteiger partial charge in [0.2, 0.25) is 5.95 Å². The summed E-state index contributed by atoms with van der Waals surface area (Å²) in [4.78, 5) is 17.7. The van der Waals surface area contributed by atoms with Crippen LogP contribution in [0, 0.1) is 6.92 Å². The molecule has 1 N–H and O–H groups in total. The zero-order valence-corrected chi connectivity index (χ0v) is 19.2. The van der Waals surface area contributed by atoms with Gasteiger partial charge in [-0.3, -0.25) is 4.90 Å². The monoisotopic (exact) mass is 424 g/mol. The van der Waals surface area contributed by atoms with E-state index in [0.29, 0.717) is 0 Å². The quantitative estimate of drug-likeness (QED) is 0.639. The molecule has 2 heterocycles. The van der Waals surface area contributed by atoms with Crippen molar-refractivity contribution in [2.45, 2.75) is 6.92 Å². The number of anilines is 4.